The molecule has 8 heteroatoms. The van der Waals surface area contributed by atoms with Crippen LogP contribution in [0.1, 0.15) is 0 Å². The van der Waals surface area contributed by atoms with E-state index in [-0.39, 0.29) is 19.1 Å². The number of nitrogens with two attached hydrogens (primary N) is 1. The van der Waals surface area contributed by atoms with Crippen LogP contribution in [0.15, 0.2) is 0 Å². The Kier molecular flexibility index (Phi) is 3.29. The van der Waals surface area contributed by atoms with Gasteiger partial charge in [-0.3, -0.25) is 0 Å². The first-order chi connectivity index (χ1) is 6.45. The van der Waals surface area contributed by atoms with Gasteiger partial charge in [0.15, 0.2) is 0 Å². The van der Waals surface area contributed by atoms with Crippen LogP contribution in [0.25, 0.3) is 0 Å². The zero-order valence-corrected chi connectivity index (χ0v) is 8.75. The molecule has 2 amide bonds. The largest absolute Gasteiger partial charge is 0.341 e. The van der Waals surface area contributed by atoms with Gasteiger partial charge in [0, 0.05) is 33.2 Å². The molecular formula is C6H14N4O3S. The summed E-state index contributed by atoms with van der Waals surface area (Å²) in [4.78, 5) is 12.7. The van der Waals surface area contributed by atoms with Crippen molar-refractivity contribution in [2.24, 2.45) is 5.14 Å². The summed E-state index contributed by atoms with van der Waals surface area (Å²) in [5.41, 5.74) is 0. The summed E-state index contributed by atoms with van der Waals surface area (Å²) in [5.74, 6) is 0. The smallest absolute Gasteiger partial charge is 0.317 e. The number of amides is 2. The van der Waals surface area contributed by atoms with Crippen molar-refractivity contribution in [2.45, 2.75) is 0 Å². The topological polar surface area (TPSA) is 95.7 Å². The Morgan fingerprint density at radius 2 is 1.79 bits per heavy atom. The van der Waals surface area contributed by atoms with Crippen molar-refractivity contribution in [1.29, 1.82) is 0 Å². The first-order valence-electron chi connectivity index (χ1n) is 4.19. The number of nitrogens with one attached hydrogen (secondary N) is 1. The average Bonchev–Trinajstić information content (AvgIpc) is 2.15. The van der Waals surface area contributed by atoms with Crippen LogP contribution >= 0.6 is 0 Å². The molecule has 7 nitrogen and oxygen atoms in total. The van der Waals surface area contributed by atoms with Gasteiger partial charge in [-0.05, 0) is 0 Å². The van der Waals surface area contributed by atoms with Crippen LogP contribution in [-0.4, -0.2) is 56.9 Å². The van der Waals surface area contributed by atoms with E-state index in [2.05, 4.69) is 5.32 Å². The molecule has 0 spiro atoms. The molecule has 1 aliphatic heterocycles. The molecule has 0 radical (unpaired) electrons. The molecule has 0 unspecified atom stereocenters. The Morgan fingerprint density at radius 1 is 1.29 bits per heavy atom. The second kappa shape index (κ2) is 4.11. The van der Waals surface area contributed by atoms with Crippen LogP contribution in [0.3, 0.4) is 0 Å². The number of nitrogens with zero attached hydrogens (tertiary/aromatic N) is 2. The van der Waals surface area contributed by atoms with E-state index >= 15 is 0 Å². The third-order valence-electron chi connectivity index (χ3n) is 2.10. The monoisotopic (exact) mass is 222 g/mol. The first kappa shape index (κ1) is 11.2. The van der Waals surface area contributed by atoms with Gasteiger partial charge in [0.25, 0.3) is 10.2 Å². The standard InChI is InChI=1S/C6H14N4O3S/c1-8-6(11)9-2-4-10(5-3-9)14(7,12)13/h2-5H2,1H3,(H,8,11)(H2,7,12,13). The maximum Gasteiger partial charge on any atom is 0.317 e. The molecule has 1 aliphatic rings. The summed E-state index contributed by atoms with van der Waals surface area (Å²) in [5, 5.41) is 7.42. The van der Waals surface area contributed by atoms with Gasteiger partial charge >= 0.3 is 6.03 Å². The number of urea groups is 1. The molecule has 1 rings (SSSR count). The van der Waals surface area contributed by atoms with E-state index in [1.165, 1.54) is 7.05 Å². The van der Waals surface area contributed by atoms with Crippen LogP contribution < -0.4 is 10.5 Å². The molecule has 1 saturated heterocycles. The highest BCUT2D eigenvalue weighted by Gasteiger charge is 2.25. The summed E-state index contributed by atoms with van der Waals surface area (Å²) in [7, 11) is -2.07. The van der Waals surface area contributed by atoms with E-state index in [0.29, 0.717) is 13.1 Å². The quantitative estimate of drug-likeness (QED) is 0.545. The van der Waals surface area contributed by atoms with Gasteiger partial charge < -0.3 is 10.2 Å². The van der Waals surface area contributed by atoms with Gasteiger partial charge in [-0.1, -0.05) is 0 Å². The molecule has 3 N–H and O–H groups in total. The van der Waals surface area contributed by atoms with E-state index < -0.39 is 10.2 Å². The van der Waals surface area contributed by atoms with E-state index in [9.17, 15) is 13.2 Å². The summed E-state index contributed by atoms with van der Waals surface area (Å²) in [6, 6.07) is -0.195. The van der Waals surface area contributed by atoms with E-state index in [1.54, 1.807) is 4.90 Å². The number of piperazine rings is 1. The fourth-order valence-corrected chi connectivity index (χ4v) is 1.98. The summed E-state index contributed by atoms with van der Waals surface area (Å²) < 4.78 is 23.0. The lowest BCUT2D eigenvalue weighted by Crippen LogP contribution is -2.53. The van der Waals surface area contributed by atoms with Gasteiger partial charge in [-0.15, -0.1) is 0 Å². The highest BCUT2D eigenvalue weighted by atomic mass is 32.2. The van der Waals surface area contributed by atoms with E-state index in [4.69, 9.17) is 5.14 Å². The number of hydrogen-bond donors (Lipinski definition) is 2. The minimum atomic E-state index is -3.61. The zero-order chi connectivity index (χ0) is 10.8. The van der Waals surface area contributed by atoms with Crippen LogP contribution in [0.2, 0.25) is 0 Å². The van der Waals surface area contributed by atoms with E-state index in [1.807, 2.05) is 0 Å². The highest BCUT2D eigenvalue weighted by molar-refractivity contribution is 7.86. The van der Waals surface area contributed by atoms with E-state index in [0.717, 1.165) is 4.31 Å². The lowest BCUT2D eigenvalue weighted by atomic mass is 10.4. The Hall–Kier alpha value is -0.860. The molecule has 0 aliphatic carbocycles. The molecule has 0 atom stereocenters. The number of carbonyl (C=O) groups is 1. The second-order valence-corrected chi connectivity index (χ2v) is 4.53. The first-order valence-corrected chi connectivity index (χ1v) is 5.70. The molecule has 1 heterocycles. The van der Waals surface area contributed by atoms with Crippen molar-refractivity contribution in [3.63, 3.8) is 0 Å². The lowest BCUT2D eigenvalue weighted by molar-refractivity contribution is 0.174. The molecule has 14 heavy (non-hydrogen) atoms. The van der Waals surface area contributed by atoms with Gasteiger partial charge in [0.05, 0.1) is 0 Å². The third-order valence-corrected chi connectivity index (χ3v) is 3.18. The van der Waals surface area contributed by atoms with Crippen LogP contribution in [0.4, 0.5) is 4.79 Å². The second-order valence-electron chi connectivity index (χ2n) is 2.99. The SMILES string of the molecule is CNC(=O)N1CCN(S(N)(=O)=O)CC1. The molecule has 0 aromatic rings. The molecule has 0 aromatic heterocycles. The van der Waals surface area contributed by atoms with Crippen molar-refractivity contribution < 1.29 is 13.2 Å². The number of carbonyl (C=O) groups excluding carboxylic acids is 1. The lowest BCUT2D eigenvalue weighted by Gasteiger charge is -2.32. The highest BCUT2D eigenvalue weighted by Crippen LogP contribution is 2.03. The van der Waals surface area contributed by atoms with Gasteiger partial charge in [0.1, 0.15) is 0 Å². The molecule has 1 fully saturated rings. The average molecular weight is 222 g/mol. The molecular weight excluding hydrogens is 208 g/mol. The number of hydrogen-bond acceptors (Lipinski definition) is 3. The molecule has 82 valence electrons. The molecule has 0 saturated carbocycles. The predicted octanol–water partition coefficient (Wildman–Crippen LogP) is -1.85. The van der Waals surface area contributed by atoms with Gasteiger partial charge in [-0.25, -0.2) is 9.93 Å². The maximum absolute atomic E-state index is 11.1. The van der Waals surface area contributed by atoms with Gasteiger partial charge in [0.2, 0.25) is 0 Å². The normalized spacial score (nSPS) is 19.4. The summed E-state index contributed by atoms with van der Waals surface area (Å²) >= 11 is 0. The minimum absolute atomic E-state index is 0.195. The predicted molar refractivity (Wildman–Crippen MR) is 50.7 cm³/mol. The van der Waals surface area contributed by atoms with Crippen LogP contribution in [0, 0.1) is 0 Å². The number of rotatable bonds is 1. The Labute approximate surface area is 83.0 Å². The van der Waals surface area contributed by atoms with Crippen LogP contribution in [0.5, 0.6) is 0 Å². The Bertz CT molecular complexity index is 307. The van der Waals surface area contributed by atoms with Gasteiger partial charge in [-0.2, -0.15) is 12.7 Å². The Balaban J connectivity index is 2.51. The molecule has 0 bridgehead atoms. The maximum atomic E-state index is 11.1. The zero-order valence-electron chi connectivity index (χ0n) is 7.93. The fourth-order valence-electron chi connectivity index (χ4n) is 1.30. The van der Waals surface area contributed by atoms with Crippen molar-refractivity contribution in [3.05, 3.63) is 0 Å². The molecule has 0 aromatic carbocycles. The fraction of sp³-hybridized carbons (Fsp3) is 0.833. The van der Waals surface area contributed by atoms with Crippen molar-refractivity contribution in [3.8, 4) is 0 Å². The minimum Gasteiger partial charge on any atom is -0.341 e. The summed E-state index contributed by atoms with van der Waals surface area (Å²) in [6.45, 7) is 1.25. The van der Waals surface area contributed by atoms with Crippen LogP contribution in [-0.2, 0) is 10.2 Å². The summed E-state index contributed by atoms with van der Waals surface area (Å²) in [6.07, 6.45) is 0. The Morgan fingerprint density at radius 3 is 2.14 bits per heavy atom. The van der Waals surface area contributed by atoms with Crippen molar-refractivity contribution in [1.82, 2.24) is 14.5 Å². The van der Waals surface area contributed by atoms with Crippen molar-refractivity contribution in [2.75, 3.05) is 33.2 Å². The third kappa shape index (κ3) is 2.56. The van der Waals surface area contributed by atoms with Crippen molar-refractivity contribution >= 4 is 16.2 Å².